The van der Waals surface area contributed by atoms with Crippen molar-refractivity contribution in [3.05, 3.63) is 30.1 Å². The molecule has 0 amide bonds. The summed E-state index contributed by atoms with van der Waals surface area (Å²) in [5.41, 5.74) is 6.39. The monoisotopic (exact) mass is 208 g/mol. The summed E-state index contributed by atoms with van der Waals surface area (Å²) in [5, 5.41) is 11.3. The number of nitrogens with zero attached hydrogens (tertiary/aromatic N) is 3. The second-order valence-corrected chi connectivity index (χ2v) is 3.40. The van der Waals surface area contributed by atoms with Crippen LogP contribution in [0.3, 0.4) is 0 Å². The highest BCUT2D eigenvalue weighted by Crippen LogP contribution is 1.99. The molecule has 0 aromatic carbocycles. The van der Waals surface area contributed by atoms with Gasteiger partial charge in [-0.25, -0.2) is 0 Å². The van der Waals surface area contributed by atoms with Gasteiger partial charge in [-0.1, -0.05) is 11.2 Å². The summed E-state index contributed by atoms with van der Waals surface area (Å²) in [6, 6.07) is 5.82. The van der Waals surface area contributed by atoms with Gasteiger partial charge in [0.25, 0.3) is 0 Å². The van der Waals surface area contributed by atoms with E-state index in [1.807, 2.05) is 25.2 Å². The number of oxime groups is 1. The molecule has 0 bridgehead atoms. The Morgan fingerprint density at radius 3 is 3.00 bits per heavy atom. The Hall–Kier alpha value is -1.62. The van der Waals surface area contributed by atoms with Crippen LogP contribution in [-0.2, 0) is 6.54 Å². The number of amidine groups is 1. The average Bonchev–Trinajstić information content (AvgIpc) is 2.27. The van der Waals surface area contributed by atoms with Crippen molar-refractivity contribution in [3.8, 4) is 0 Å². The number of hydrogen-bond donors (Lipinski definition) is 2. The summed E-state index contributed by atoms with van der Waals surface area (Å²) in [7, 11) is 1.97. The molecule has 0 fully saturated rings. The Balaban J connectivity index is 2.33. The molecule has 15 heavy (non-hydrogen) atoms. The van der Waals surface area contributed by atoms with Crippen molar-refractivity contribution in [2.45, 2.75) is 13.0 Å². The van der Waals surface area contributed by atoms with Gasteiger partial charge in [0.05, 0.1) is 5.69 Å². The maximum absolute atomic E-state index is 8.37. The SMILES string of the molecule is CN(CC/C(N)=N/O)Cc1ccccn1. The predicted molar refractivity (Wildman–Crippen MR) is 58.6 cm³/mol. The van der Waals surface area contributed by atoms with Crippen LogP contribution in [0.2, 0.25) is 0 Å². The first-order chi connectivity index (χ1) is 7.22. The molecule has 1 aromatic heterocycles. The normalized spacial score (nSPS) is 12.0. The molecular formula is C10H16N4O. The van der Waals surface area contributed by atoms with Gasteiger partial charge in [-0.15, -0.1) is 0 Å². The molecule has 0 aliphatic heterocycles. The molecule has 0 saturated carbocycles. The highest BCUT2D eigenvalue weighted by atomic mass is 16.4. The van der Waals surface area contributed by atoms with E-state index >= 15 is 0 Å². The van der Waals surface area contributed by atoms with Gasteiger partial charge in [0.15, 0.2) is 0 Å². The summed E-state index contributed by atoms with van der Waals surface area (Å²) in [4.78, 5) is 6.28. The minimum Gasteiger partial charge on any atom is -0.409 e. The fourth-order valence-electron chi connectivity index (χ4n) is 1.20. The molecule has 0 spiro atoms. The molecule has 0 saturated heterocycles. The van der Waals surface area contributed by atoms with E-state index in [0.29, 0.717) is 6.42 Å². The lowest BCUT2D eigenvalue weighted by Gasteiger charge is -2.15. The largest absolute Gasteiger partial charge is 0.409 e. The summed E-state index contributed by atoms with van der Waals surface area (Å²) >= 11 is 0. The molecular weight excluding hydrogens is 192 g/mol. The van der Waals surface area contributed by atoms with Crippen molar-refractivity contribution in [1.29, 1.82) is 0 Å². The van der Waals surface area contributed by atoms with Gasteiger partial charge in [-0.05, 0) is 19.2 Å². The third kappa shape index (κ3) is 4.42. The molecule has 0 atom stereocenters. The summed E-state index contributed by atoms with van der Waals surface area (Å²) in [6.45, 7) is 1.51. The lowest BCUT2D eigenvalue weighted by Crippen LogP contribution is -2.24. The van der Waals surface area contributed by atoms with Crippen molar-refractivity contribution in [1.82, 2.24) is 9.88 Å². The fraction of sp³-hybridized carbons (Fsp3) is 0.400. The van der Waals surface area contributed by atoms with Crippen LogP contribution in [0, 0.1) is 0 Å². The van der Waals surface area contributed by atoms with Crippen LogP contribution < -0.4 is 5.73 Å². The smallest absolute Gasteiger partial charge is 0.140 e. The lowest BCUT2D eigenvalue weighted by atomic mass is 10.3. The van der Waals surface area contributed by atoms with Crippen molar-refractivity contribution >= 4 is 5.84 Å². The zero-order valence-corrected chi connectivity index (χ0v) is 8.80. The van der Waals surface area contributed by atoms with Crippen molar-refractivity contribution in [2.24, 2.45) is 10.9 Å². The maximum atomic E-state index is 8.37. The van der Waals surface area contributed by atoms with E-state index in [9.17, 15) is 0 Å². The van der Waals surface area contributed by atoms with Crippen LogP contribution in [0.5, 0.6) is 0 Å². The molecule has 0 aliphatic rings. The minimum atomic E-state index is 0.253. The Morgan fingerprint density at radius 2 is 2.40 bits per heavy atom. The number of aromatic nitrogens is 1. The molecule has 3 N–H and O–H groups in total. The van der Waals surface area contributed by atoms with Crippen molar-refractivity contribution < 1.29 is 5.21 Å². The zero-order valence-electron chi connectivity index (χ0n) is 8.80. The van der Waals surface area contributed by atoms with Crippen LogP contribution in [-0.4, -0.2) is 34.5 Å². The Bertz CT molecular complexity index is 312. The molecule has 5 nitrogen and oxygen atoms in total. The van der Waals surface area contributed by atoms with Gasteiger partial charge in [-0.3, -0.25) is 4.98 Å². The Kier molecular flexibility index (Phi) is 4.56. The molecule has 0 aliphatic carbocycles. The van der Waals surface area contributed by atoms with Gasteiger partial charge < -0.3 is 15.8 Å². The van der Waals surface area contributed by atoms with E-state index in [1.165, 1.54) is 0 Å². The quantitative estimate of drug-likeness (QED) is 0.322. The van der Waals surface area contributed by atoms with Gasteiger partial charge in [-0.2, -0.15) is 0 Å². The summed E-state index contributed by atoms with van der Waals surface area (Å²) in [6.07, 6.45) is 2.33. The van der Waals surface area contributed by atoms with Gasteiger partial charge >= 0.3 is 0 Å². The van der Waals surface area contributed by atoms with Gasteiger partial charge in [0.2, 0.25) is 0 Å². The molecule has 0 unspecified atom stereocenters. The molecule has 1 heterocycles. The second-order valence-electron chi connectivity index (χ2n) is 3.40. The van der Waals surface area contributed by atoms with Crippen molar-refractivity contribution in [3.63, 3.8) is 0 Å². The summed E-state index contributed by atoms with van der Waals surface area (Å²) < 4.78 is 0. The first-order valence-corrected chi connectivity index (χ1v) is 4.77. The fourth-order valence-corrected chi connectivity index (χ4v) is 1.20. The van der Waals surface area contributed by atoms with Crippen LogP contribution in [0.4, 0.5) is 0 Å². The lowest BCUT2D eigenvalue weighted by molar-refractivity contribution is 0.308. The van der Waals surface area contributed by atoms with Crippen LogP contribution >= 0.6 is 0 Å². The topological polar surface area (TPSA) is 74.7 Å². The number of nitrogens with two attached hydrogens (primary N) is 1. The second kappa shape index (κ2) is 5.98. The molecule has 0 radical (unpaired) electrons. The molecule has 82 valence electrons. The van der Waals surface area contributed by atoms with E-state index in [2.05, 4.69) is 15.0 Å². The standard InChI is InChI=1S/C10H16N4O/c1-14(7-5-10(11)13-15)8-9-4-2-3-6-12-9/h2-4,6,15H,5,7-8H2,1H3,(H2,11,13). The molecule has 1 aromatic rings. The highest BCUT2D eigenvalue weighted by Gasteiger charge is 2.02. The van der Waals surface area contributed by atoms with Gasteiger partial charge in [0.1, 0.15) is 5.84 Å². The van der Waals surface area contributed by atoms with E-state index in [1.54, 1.807) is 6.20 Å². The van der Waals surface area contributed by atoms with E-state index < -0.39 is 0 Å². The Labute approximate surface area is 89.2 Å². The van der Waals surface area contributed by atoms with Crippen LogP contribution in [0.15, 0.2) is 29.6 Å². The Morgan fingerprint density at radius 1 is 1.60 bits per heavy atom. The highest BCUT2D eigenvalue weighted by molar-refractivity contribution is 5.79. The van der Waals surface area contributed by atoms with E-state index in [0.717, 1.165) is 18.8 Å². The number of rotatable bonds is 5. The predicted octanol–water partition coefficient (Wildman–Crippen LogP) is 0.650. The third-order valence-corrected chi connectivity index (χ3v) is 2.04. The number of hydrogen-bond acceptors (Lipinski definition) is 4. The minimum absolute atomic E-state index is 0.253. The van der Waals surface area contributed by atoms with Crippen LogP contribution in [0.25, 0.3) is 0 Å². The first-order valence-electron chi connectivity index (χ1n) is 4.77. The number of pyridine rings is 1. The molecule has 5 heteroatoms. The third-order valence-electron chi connectivity index (χ3n) is 2.04. The van der Waals surface area contributed by atoms with Gasteiger partial charge in [0, 0.05) is 25.7 Å². The first kappa shape index (κ1) is 11.5. The van der Waals surface area contributed by atoms with E-state index in [4.69, 9.17) is 10.9 Å². The average molecular weight is 208 g/mol. The van der Waals surface area contributed by atoms with Crippen LogP contribution in [0.1, 0.15) is 12.1 Å². The maximum Gasteiger partial charge on any atom is 0.140 e. The van der Waals surface area contributed by atoms with Crippen molar-refractivity contribution in [2.75, 3.05) is 13.6 Å². The summed E-state index contributed by atoms with van der Waals surface area (Å²) in [5.74, 6) is 0.253. The van der Waals surface area contributed by atoms with E-state index in [-0.39, 0.29) is 5.84 Å². The molecule has 1 rings (SSSR count). The zero-order chi connectivity index (χ0) is 11.1.